The van der Waals surface area contributed by atoms with Gasteiger partial charge in [-0.1, -0.05) is 30.7 Å². The quantitative estimate of drug-likeness (QED) is 0.504. The topological polar surface area (TPSA) is 51.5 Å². The molecular formula is C25H23ClF2N2O3. The highest BCUT2D eigenvalue weighted by Crippen LogP contribution is 2.36. The van der Waals surface area contributed by atoms with Crippen LogP contribution in [-0.2, 0) is 23.4 Å². The predicted octanol–water partition coefficient (Wildman–Crippen LogP) is 5.05. The van der Waals surface area contributed by atoms with Gasteiger partial charge >= 0.3 is 0 Å². The molecule has 4 rings (SSSR count). The molecule has 8 heteroatoms. The summed E-state index contributed by atoms with van der Waals surface area (Å²) in [5, 5.41) is -0.129. The number of carbonyl (C=O) groups is 1. The number of pyridine rings is 1. The first kappa shape index (κ1) is 23.0. The molecule has 1 unspecified atom stereocenters. The Morgan fingerprint density at radius 2 is 1.88 bits per heavy atom. The van der Waals surface area contributed by atoms with Crippen LogP contribution in [0.5, 0.6) is 5.75 Å². The van der Waals surface area contributed by atoms with E-state index in [1.165, 1.54) is 6.07 Å². The van der Waals surface area contributed by atoms with Gasteiger partial charge in [-0.15, -0.1) is 0 Å². The Bertz CT molecular complexity index is 1310. The van der Waals surface area contributed by atoms with E-state index >= 15 is 0 Å². The Labute approximate surface area is 195 Å². The van der Waals surface area contributed by atoms with Gasteiger partial charge in [0, 0.05) is 30.6 Å². The smallest absolute Gasteiger partial charge is 0.273 e. The Morgan fingerprint density at radius 3 is 2.58 bits per heavy atom. The molecule has 0 saturated heterocycles. The average Bonchev–Trinajstić information content (AvgIpc) is 3.08. The Hall–Kier alpha value is -3.19. The van der Waals surface area contributed by atoms with Crippen molar-refractivity contribution in [3.05, 3.63) is 92.4 Å². The highest BCUT2D eigenvalue weighted by Gasteiger charge is 2.32. The maximum absolute atomic E-state index is 13.9. The summed E-state index contributed by atoms with van der Waals surface area (Å²) in [6, 6.07) is 10.5. The van der Waals surface area contributed by atoms with Crippen molar-refractivity contribution in [2.45, 2.75) is 38.8 Å². The van der Waals surface area contributed by atoms with Crippen LogP contribution >= 0.6 is 11.6 Å². The van der Waals surface area contributed by atoms with Crippen LogP contribution in [0.3, 0.4) is 0 Å². The van der Waals surface area contributed by atoms with Gasteiger partial charge < -0.3 is 14.2 Å². The fourth-order valence-corrected chi connectivity index (χ4v) is 4.32. The lowest BCUT2D eigenvalue weighted by atomic mass is 9.87. The first-order chi connectivity index (χ1) is 15.7. The Balaban J connectivity index is 1.66. The van der Waals surface area contributed by atoms with Crippen molar-refractivity contribution in [1.29, 1.82) is 0 Å². The lowest BCUT2D eigenvalue weighted by Crippen LogP contribution is -2.39. The molecule has 1 amide bonds. The molecule has 0 aliphatic carbocycles. The van der Waals surface area contributed by atoms with Crippen molar-refractivity contribution in [3.8, 4) is 5.75 Å². The van der Waals surface area contributed by atoms with Gasteiger partial charge in [-0.25, -0.2) is 8.78 Å². The summed E-state index contributed by atoms with van der Waals surface area (Å²) < 4.78 is 34.1. The number of benzene rings is 2. The summed E-state index contributed by atoms with van der Waals surface area (Å²) in [7, 11) is 1.74. The molecule has 0 spiro atoms. The predicted molar refractivity (Wildman–Crippen MR) is 123 cm³/mol. The highest BCUT2D eigenvalue weighted by molar-refractivity contribution is 6.31. The van der Waals surface area contributed by atoms with Gasteiger partial charge in [-0.05, 0) is 48.7 Å². The molecular weight excluding hydrogens is 450 g/mol. The minimum absolute atomic E-state index is 0.0275. The van der Waals surface area contributed by atoms with Crippen LogP contribution in [0.4, 0.5) is 14.5 Å². The number of nitrogens with zero attached hydrogens (tertiary/aromatic N) is 2. The second-order valence-electron chi connectivity index (χ2n) is 8.29. The van der Waals surface area contributed by atoms with Crippen molar-refractivity contribution in [2.24, 2.45) is 0 Å². The summed E-state index contributed by atoms with van der Waals surface area (Å²) in [4.78, 5) is 26.9. The van der Waals surface area contributed by atoms with Gasteiger partial charge in [-0.2, -0.15) is 0 Å². The first-order valence-electron chi connectivity index (χ1n) is 10.5. The maximum atomic E-state index is 13.9. The molecule has 3 aromatic rings. The van der Waals surface area contributed by atoms with Gasteiger partial charge in [0.15, 0.2) is 0 Å². The Morgan fingerprint density at radius 1 is 1.12 bits per heavy atom. The third-order valence-electron chi connectivity index (χ3n) is 6.39. The number of fused-ring (bicyclic) bond motifs is 1. The normalized spacial score (nSPS) is 14.8. The SMILES string of the molecule is CCC(C)(c1ccc2c(c1)CC(=O)N2C)n1ccc(OCc2ccc(F)cc2F)c(Cl)c1=O. The molecule has 1 atom stereocenters. The molecule has 2 heterocycles. The molecule has 0 bridgehead atoms. The van der Waals surface area contributed by atoms with E-state index in [4.69, 9.17) is 16.3 Å². The fourth-order valence-electron chi connectivity index (χ4n) is 4.11. The van der Waals surface area contributed by atoms with Crippen molar-refractivity contribution in [2.75, 3.05) is 11.9 Å². The average molecular weight is 473 g/mol. The molecule has 0 radical (unpaired) electrons. The van der Waals surface area contributed by atoms with Gasteiger partial charge in [0.25, 0.3) is 5.56 Å². The number of anilines is 1. The van der Waals surface area contributed by atoms with Gasteiger partial charge in [0.2, 0.25) is 5.91 Å². The largest absolute Gasteiger partial charge is 0.487 e. The minimum atomic E-state index is -0.737. The second kappa shape index (κ2) is 8.63. The van der Waals surface area contributed by atoms with Crippen molar-refractivity contribution in [3.63, 3.8) is 0 Å². The zero-order valence-electron chi connectivity index (χ0n) is 18.5. The molecule has 1 aliphatic heterocycles. The van der Waals surface area contributed by atoms with Gasteiger partial charge in [0.1, 0.15) is 29.0 Å². The third kappa shape index (κ3) is 4.02. The first-order valence-corrected chi connectivity index (χ1v) is 10.9. The number of hydrogen-bond donors (Lipinski definition) is 0. The van der Waals surface area contributed by atoms with Crippen LogP contribution in [0.1, 0.15) is 37.0 Å². The third-order valence-corrected chi connectivity index (χ3v) is 6.74. The number of halogens is 3. The summed E-state index contributed by atoms with van der Waals surface area (Å²) in [6.07, 6.45) is 2.51. The molecule has 2 aromatic carbocycles. The Kier molecular flexibility index (Phi) is 6.01. The number of rotatable bonds is 6. The maximum Gasteiger partial charge on any atom is 0.273 e. The van der Waals surface area contributed by atoms with Crippen LogP contribution in [0.15, 0.2) is 53.5 Å². The summed E-state index contributed by atoms with van der Waals surface area (Å²) in [5.41, 5.74) is 1.64. The fraction of sp³-hybridized carbons (Fsp3) is 0.280. The van der Waals surface area contributed by atoms with E-state index in [2.05, 4.69) is 0 Å². The van der Waals surface area contributed by atoms with E-state index in [1.54, 1.807) is 28.8 Å². The minimum Gasteiger partial charge on any atom is -0.487 e. The molecule has 0 saturated carbocycles. The van der Waals surface area contributed by atoms with E-state index in [-0.39, 0.29) is 28.8 Å². The molecule has 0 fully saturated rings. The van der Waals surface area contributed by atoms with Crippen molar-refractivity contribution < 1.29 is 18.3 Å². The standard InChI is InChI=1S/C25H23ClF2N2O3/c1-4-25(2,17-6-8-20-16(11-17)12-22(31)29(20)3)30-10-9-21(23(26)24(30)32)33-14-15-5-7-18(27)13-19(15)28/h5-11,13H,4,12,14H2,1-3H3. The molecule has 33 heavy (non-hydrogen) atoms. The zero-order valence-corrected chi connectivity index (χ0v) is 19.2. The summed E-state index contributed by atoms with van der Waals surface area (Å²) >= 11 is 6.35. The van der Waals surface area contributed by atoms with Crippen LogP contribution in [0, 0.1) is 11.6 Å². The van der Waals surface area contributed by atoms with E-state index in [0.29, 0.717) is 12.8 Å². The molecule has 5 nitrogen and oxygen atoms in total. The number of carbonyl (C=O) groups excluding carboxylic acids is 1. The van der Waals surface area contributed by atoms with E-state index in [0.717, 1.165) is 28.9 Å². The van der Waals surface area contributed by atoms with E-state index in [1.807, 2.05) is 32.0 Å². The molecule has 1 aromatic heterocycles. The van der Waals surface area contributed by atoms with Crippen LogP contribution < -0.4 is 15.2 Å². The van der Waals surface area contributed by atoms with Gasteiger partial charge in [-0.3, -0.25) is 9.59 Å². The van der Waals surface area contributed by atoms with Crippen LogP contribution in [0.2, 0.25) is 5.02 Å². The lowest BCUT2D eigenvalue weighted by Gasteiger charge is -2.32. The second-order valence-corrected chi connectivity index (χ2v) is 8.67. The van der Waals surface area contributed by atoms with Gasteiger partial charge in [0.05, 0.1) is 12.0 Å². The monoisotopic (exact) mass is 472 g/mol. The molecule has 172 valence electrons. The number of ether oxygens (including phenoxy) is 1. The van der Waals surface area contributed by atoms with E-state index in [9.17, 15) is 18.4 Å². The number of amides is 1. The summed E-state index contributed by atoms with van der Waals surface area (Å²) in [5.74, 6) is -1.28. The molecule has 0 N–H and O–H groups in total. The summed E-state index contributed by atoms with van der Waals surface area (Å²) in [6.45, 7) is 3.70. The highest BCUT2D eigenvalue weighted by atomic mass is 35.5. The number of aromatic nitrogens is 1. The number of likely N-dealkylation sites (N-methyl/N-ethyl adjacent to an activating group) is 1. The van der Waals surface area contributed by atoms with E-state index < -0.39 is 22.7 Å². The van der Waals surface area contributed by atoms with Crippen molar-refractivity contribution in [1.82, 2.24) is 4.57 Å². The van der Waals surface area contributed by atoms with Crippen LogP contribution in [0.25, 0.3) is 0 Å². The zero-order chi connectivity index (χ0) is 23.9. The van der Waals surface area contributed by atoms with Crippen LogP contribution in [-0.4, -0.2) is 17.5 Å². The molecule has 1 aliphatic rings. The number of hydrogen-bond acceptors (Lipinski definition) is 3. The lowest BCUT2D eigenvalue weighted by molar-refractivity contribution is -0.117. The van der Waals surface area contributed by atoms with Crippen molar-refractivity contribution >= 4 is 23.2 Å².